The molecule has 0 aromatic carbocycles. The summed E-state index contributed by atoms with van der Waals surface area (Å²) in [6.07, 6.45) is 0.0478. The highest BCUT2D eigenvalue weighted by molar-refractivity contribution is 6.64. The van der Waals surface area contributed by atoms with Gasteiger partial charge in [0.1, 0.15) is 6.10 Å². The lowest BCUT2D eigenvalue weighted by Crippen LogP contribution is -2.42. The first-order chi connectivity index (χ1) is 5.01. The highest BCUT2D eigenvalue weighted by Crippen LogP contribution is 2.22. The molecule has 0 N–H and O–H groups in total. The van der Waals surface area contributed by atoms with Crippen LogP contribution >= 0.6 is 11.6 Å². The molecular formula is C7H11ClO3. The van der Waals surface area contributed by atoms with E-state index in [1.807, 2.05) is 0 Å². The molecule has 1 heterocycles. The van der Waals surface area contributed by atoms with Crippen LogP contribution in [0.1, 0.15) is 20.3 Å². The molecular weight excluding hydrogens is 168 g/mol. The minimum absolute atomic E-state index is 0.443. The molecule has 0 unspecified atom stereocenters. The molecule has 1 rings (SSSR count). The molecule has 11 heavy (non-hydrogen) atoms. The average molecular weight is 179 g/mol. The van der Waals surface area contributed by atoms with Crippen molar-refractivity contribution < 1.29 is 14.3 Å². The molecule has 64 valence electrons. The van der Waals surface area contributed by atoms with Crippen LogP contribution in [0.5, 0.6) is 0 Å². The average Bonchev–Trinajstić information content (AvgIpc) is 1.85. The van der Waals surface area contributed by atoms with Crippen molar-refractivity contribution in [3.05, 3.63) is 0 Å². The molecule has 0 amide bonds. The van der Waals surface area contributed by atoms with Gasteiger partial charge in [-0.15, -0.1) is 0 Å². The Morgan fingerprint density at radius 1 is 1.64 bits per heavy atom. The first kappa shape index (κ1) is 8.97. The molecule has 1 atom stereocenters. The van der Waals surface area contributed by atoms with E-state index in [1.165, 1.54) is 0 Å². The van der Waals surface area contributed by atoms with Gasteiger partial charge in [-0.25, -0.2) is 0 Å². The predicted octanol–water partition coefficient (Wildman–Crippen LogP) is 1.29. The van der Waals surface area contributed by atoms with Crippen LogP contribution in [0, 0.1) is 0 Å². The van der Waals surface area contributed by atoms with E-state index in [1.54, 1.807) is 13.8 Å². The lowest BCUT2D eigenvalue weighted by atomic mass is 10.2. The largest absolute Gasteiger partial charge is 0.350 e. The SMILES string of the molecule is CC1(C)OCC[C@@H](C(=O)Cl)O1. The summed E-state index contributed by atoms with van der Waals surface area (Å²) >= 11 is 5.26. The number of ether oxygens (including phenoxy) is 2. The van der Waals surface area contributed by atoms with Gasteiger partial charge in [-0.05, 0) is 25.4 Å². The number of hydrogen-bond donors (Lipinski definition) is 0. The Kier molecular flexibility index (Phi) is 2.52. The van der Waals surface area contributed by atoms with Gasteiger partial charge in [0.15, 0.2) is 5.79 Å². The zero-order chi connectivity index (χ0) is 8.48. The van der Waals surface area contributed by atoms with Crippen molar-refractivity contribution in [2.75, 3.05) is 6.61 Å². The van der Waals surface area contributed by atoms with Crippen molar-refractivity contribution in [2.45, 2.75) is 32.2 Å². The van der Waals surface area contributed by atoms with Crippen molar-refractivity contribution in [3.8, 4) is 0 Å². The second-order valence-electron chi connectivity index (χ2n) is 2.95. The molecule has 0 aromatic heterocycles. The lowest BCUT2D eigenvalue weighted by molar-refractivity contribution is -0.265. The van der Waals surface area contributed by atoms with Gasteiger partial charge < -0.3 is 9.47 Å². The van der Waals surface area contributed by atoms with Gasteiger partial charge in [-0.2, -0.15) is 0 Å². The summed E-state index contributed by atoms with van der Waals surface area (Å²) in [5.41, 5.74) is 0. The van der Waals surface area contributed by atoms with Gasteiger partial charge in [-0.1, -0.05) is 0 Å². The fourth-order valence-corrected chi connectivity index (χ4v) is 1.16. The van der Waals surface area contributed by atoms with Gasteiger partial charge in [0.05, 0.1) is 6.61 Å². The van der Waals surface area contributed by atoms with Gasteiger partial charge >= 0.3 is 0 Å². The van der Waals surface area contributed by atoms with Crippen LogP contribution in [0.2, 0.25) is 0 Å². The van der Waals surface area contributed by atoms with E-state index >= 15 is 0 Å². The molecule has 1 aliphatic heterocycles. The second-order valence-corrected chi connectivity index (χ2v) is 3.32. The number of halogens is 1. The molecule has 0 spiro atoms. The van der Waals surface area contributed by atoms with Gasteiger partial charge in [0.25, 0.3) is 5.24 Å². The Morgan fingerprint density at radius 2 is 2.27 bits per heavy atom. The molecule has 3 nitrogen and oxygen atoms in total. The molecule has 1 aliphatic rings. The van der Waals surface area contributed by atoms with Gasteiger partial charge in [-0.3, -0.25) is 4.79 Å². The third-order valence-corrected chi connectivity index (χ3v) is 1.75. The Hall–Kier alpha value is -0.120. The Labute approximate surface area is 70.6 Å². The molecule has 1 saturated heterocycles. The molecule has 0 aromatic rings. The molecule has 0 radical (unpaired) electrons. The Balaban J connectivity index is 2.53. The number of rotatable bonds is 1. The maximum absolute atomic E-state index is 10.7. The monoisotopic (exact) mass is 178 g/mol. The molecule has 0 saturated carbocycles. The third-order valence-electron chi connectivity index (χ3n) is 1.51. The van der Waals surface area contributed by atoms with Crippen molar-refractivity contribution in [1.82, 2.24) is 0 Å². The van der Waals surface area contributed by atoms with Crippen molar-refractivity contribution in [3.63, 3.8) is 0 Å². The number of carbonyl (C=O) groups is 1. The maximum Gasteiger partial charge on any atom is 0.250 e. The van der Waals surface area contributed by atoms with E-state index in [2.05, 4.69) is 0 Å². The second kappa shape index (κ2) is 3.09. The highest BCUT2D eigenvalue weighted by atomic mass is 35.5. The van der Waals surface area contributed by atoms with Crippen molar-refractivity contribution in [2.24, 2.45) is 0 Å². The van der Waals surface area contributed by atoms with Crippen molar-refractivity contribution in [1.29, 1.82) is 0 Å². The molecule has 0 aliphatic carbocycles. The fraction of sp³-hybridized carbons (Fsp3) is 0.857. The number of hydrogen-bond acceptors (Lipinski definition) is 3. The smallest absolute Gasteiger partial charge is 0.250 e. The van der Waals surface area contributed by atoms with Crippen LogP contribution in [0.3, 0.4) is 0 Å². The van der Waals surface area contributed by atoms with Crippen LogP contribution < -0.4 is 0 Å². The minimum Gasteiger partial charge on any atom is -0.350 e. The third kappa shape index (κ3) is 2.43. The standard InChI is InChI=1S/C7H11ClO3/c1-7(2)10-4-3-5(11-7)6(8)9/h5H,3-4H2,1-2H3/t5-/m0/s1. The highest BCUT2D eigenvalue weighted by Gasteiger charge is 2.32. The van der Waals surface area contributed by atoms with Crippen LogP contribution in [-0.2, 0) is 14.3 Å². The molecule has 0 bridgehead atoms. The minimum atomic E-state index is -0.673. The van der Waals surface area contributed by atoms with Crippen molar-refractivity contribution >= 4 is 16.8 Å². The maximum atomic E-state index is 10.7. The van der Waals surface area contributed by atoms with E-state index in [9.17, 15) is 4.79 Å². The first-order valence-corrected chi connectivity index (χ1v) is 3.90. The van der Waals surface area contributed by atoms with E-state index in [-0.39, 0.29) is 0 Å². The zero-order valence-electron chi connectivity index (χ0n) is 6.59. The van der Waals surface area contributed by atoms with E-state index in [0.717, 1.165) is 0 Å². The Morgan fingerprint density at radius 3 is 2.64 bits per heavy atom. The number of carbonyl (C=O) groups excluding carboxylic acids is 1. The van der Waals surface area contributed by atoms with E-state index < -0.39 is 17.1 Å². The van der Waals surface area contributed by atoms with E-state index in [0.29, 0.717) is 13.0 Å². The van der Waals surface area contributed by atoms with Gasteiger partial charge in [0.2, 0.25) is 0 Å². The summed E-state index contributed by atoms with van der Waals surface area (Å²) in [6.45, 7) is 4.05. The summed E-state index contributed by atoms with van der Waals surface area (Å²) < 4.78 is 10.4. The summed E-state index contributed by atoms with van der Waals surface area (Å²) in [6, 6.07) is 0. The molecule has 1 fully saturated rings. The topological polar surface area (TPSA) is 35.5 Å². The first-order valence-electron chi connectivity index (χ1n) is 3.52. The fourth-order valence-electron chi connectivity index (χ4n) is 1.01. The summed E-state index contributed by atoms with van der Waals surface area (Å²) in [7, 11) is 0. The quantitative estimate of drug-likeness (QED) is 0.568. The van der Waals surface area contributed by atoms with Crippen LogP contribution in [0.15, 0.2) is 0 Å². The van der Waals surface area contributed by atoms with Crippen LogP contribution in [0.25, 0.3) is 0 Å². The molecule has 4 heteroatoms. The van der Waals surface area contributed by atoms with Gasteiger partial charge in [0, 0.05) is 6.42 Å². The van der Waals surface area contributed by atoms with Crippen LogP contribution in [0.4, 0.5) is 0 Å². The van der Waals surface area contributed by atoms with E-state index in [4.69, 9.17) is 21.1 Å². The zero-order valence-corrected chi connectivity index (χ0v) is 7.35. The summed E-state index contributed by atoms with van der Waals surface area (Å²) in [4.78, 5) is 10.7. The summed E-state index contributed by atoms with van der Waals surface area (Å²) in [5, 5.41) is -0.443. The summed E-state index contributed by atoms with van der Waals surface area (Å²) in [5.74, 6) is -0.673. The Bertz CT molecular complexity index is 167. The van der Waals surface area contributed by atoms with Crippen LogP contribution in [-0.4, -0.2) is 23.7 Å². The lowest BCUT2D eigenvalue weighted by Gasteiger charge is -2.34. The normalized spacial score (nSPS) is 29.9. The predicted molar refractivity (Wildman–Crippen MR) is 40.4 cm³/mol.